The molecule has 0 spiro atoms. The van der Waals surface area contributed by atoms with E-state index in [0.29, 0.717) is 6.54 Å². The highest BCUT2D eigenvalue weighted by Gasteiger charge is 2.44. The summed E-state index contributed by atoms with van der Waals surface area (Å²) in [6.07, 6.45) is 1.46. The van der Waals surface area contributed by atoms with Gasteiger partial charge >= 0.3 is 0 Å². The third kappa shape index (κ3) is 1.89. The second-order valence-corrected chi connectivity index (χ2v) is 3.70. The van der Waals surface area contributed by atoms with Gasteiger partial charge in [0.1, 0.15) is 12.2 Å². The summed E-state index contributed by atoms with van der Waals surface area (Å²) in [6.45, 7) is 0.497. The molecule has 4 nitrogen and oxygen atoms in total. The Morgan fingerprint density at radius 2 is 2.36 bits per heavy atom. The third-order valence-electron chi connectivity index (χ3n) is 2.44. The van der Waals surface area contributed by atoms with E-state index in [0.717, 1.165) is 5.82 Å². The zero-order valence-corrected chi connectivity index (χ0v) is 7.87. The molecule has 1 N–H and O–H groups in total. The lowest BCUT2D eigenvalue weighted by Crippen LogP contribution is -2.48. The Kier molecular flexibility index (Phi) is 2.22. The van der Waals surface area contributed by atoms with Crippen LogP contribution in [0.2, 0.25) is 0 Å². The van der Waals surface area contributed by atoms with Crippen molar-refractivity contribution in [2.24, 2.45) is 7.05 Å². The van der Waals surface area contributed by atoms with Crippen molar-refractivity contribution in [3.8, 4) is 0 Å². The van der Waals surface area contributed by atoms with Crippen LogP contribution >= 0.6 is 0 Å². The van der Waals surface area contributed by atoms with Gasteiger partial charge in [-0.2, -0.15) is 0 Å². The highest BCUT2D eigenvalue weighted by atomic mass is 19.3. The van der Waals surface area contributed by atoms with Crippen LogP contribution in [-0.2, 0) is 13.6 Å². The smallest absolute Gasteiger partial charge is 0.251 e. The maximum absolute atomic E-state index is 12.5. The van der Waals surface area contributed by atoms with E-state index in [9.17, 15) is 8.78 Å². The molecule has 78 valence electrons. The number of halogens is 2. The van der Waals surface area contributed by atoms with Crippen molar-refractivity contribution in [2.45, 2.75) is 31.4 Å². The van der Waals surface area contributed by atoms with E-state index in [1.54, 1.807) is 10.9 Å². The Balaban J connectivity index is 1.77. The van der Waals surface area contributed by atoms with E-state index in [1.165, 1.54) is 0 Å². The van der Waals surface area contributed by atoms with Gasteiger partial charge in [0.15, 0.2) is 0 Å². The molecule has 0 saturated heterocycles. The maximum atomic E-state index is 12.5. The fourth-order valence-electron chi connectivity index (χ4n) is 1.51. The van der Waals surface area contributed by atoms with Crippen molar-refractivity contribution in [3.05, 3.63) is 12.2 Å². The molecule has 2 rings (SSSR count). The van der Waals surface area contributed by atoms with E-state index in [4.69, 9.17) is 0 Å². The van der Waals surface area contributed by atoms with Gasteiger partial charge < -0.3 is 9.88 Å². The summed E-state index contributed by atoms with van der Waals surface area (Å²) < 4.78 is 26.7. The Morgan fingerprint density at radius 1 is 1.64 bits per heavy atom. The van der Waals surface area contributed by atoms with Gasteiger partial charge in [0, 0.05) is 25.9 Å². The Hall–Kier alpha value is -1.04. The number of nitrogens with one attached hydrogen (secondary N) is 1. The largest absolute Gasteiger partial charge is 0.320 e. The SMILES string of the molecule is Cn1cnnc1CNC1CC(F)(F)C1. The molecule has 0 atom stereocenters. The van der Waals surface area contributed by atoms with Crippen LogP contribution in [0.5, 0.6) is 0 Å². The molecule has 1 aromatic rings. The quantitative estimate of drug-likeness (QED) is 0.784. The minimum atomic E-state index is -2.46. The van der Waals surface area contributed by atoms with Crippen LogP contribution in [0.3, 0.4) is 0 Å². The number of rotatable bonds is 3. The topological polar surface area (TPSA) is 42.7 Å². The van der Waals surface area contributed by atoms with Gasteiger partial charge in [-0.25, -0.2) is 8.78 Å². The van der Waals surface area contributed by atoms with E-state index in [-0.39, 0.29) is 18.9 Å². The Bertz CT molecular complexity index is 315. The first kappa shape index (κ1) is 9.51. The minimum absolute atomic E-state index is 0.0646. The second-order valence-electron chi connectivity index (χ2n) is 3.70. The average Bonchev–Trinajstić information content (AvgIpc) is 2.44. The average molecular weight is 202 g/mol. The Labute approximate surface area is 80.3 Å². The van der Waals surface area contributed by atoms with Crippen LogP contribution in [0.1, 0.15) is 18.7 Å². The molecule has 0 aliphatic heterocycles. The van der Waals surface area contributed by atoms with Crippen molar-refractivity contribution in [2.75, 3.05) is 0 Å². The molecule has 1 aromatic heterocycles. The van der Waals surface area contributed by atoms with Crippen molar-refractivity contribution < 1.29 is 8.78 Å². The summed E-state index contributed by atoms with van der Waals surface area (Å²) in [5.74, 6) is -1.70. The van der Waals surface area contributed by atoms with Crippen molar-refractivity contribution >= 4 is 0 Å². The molecule has 14 heavy (non-hydrogen) atoms. The predicted molar refractivity (Wildman–Crippen MR) is 45.8 cm³/mol. The highest BCUT2D eigenvalue weighted by Crippen LogP contribution is 2.37. The molecule has 1 heterocycles. The second kappa shape index (κ2) is 3.27. The summed E-state index contributed by atoms with van der Waals surface area (Å²) in [6, 6.07) is -0.0818. The summed E-state index contributed by atoms with van der Waals surface area (Å²) in [5, 5.41) is 10.6. The number of aromatic nitrogens is 3. The van der Waals surface area contributed by atoms with Gasteiger partial charge in [0.25, 0.3) is 5.92 Å². The molecule has 0 amide bonds. The summed E-state index contributed by atoms with van der Waals surface area (Å²) >= 11 is 0. The van der Waals surface area contributed by atoms with Gasteiger partial charge in [-0.1, -0.05) is 0 Å². The monoisotopic (exact) mass is 202 g/mol. The first-order valence-corrected chi connectivity index (χ1v) is 4.51. The predicted octanol–water partition coefficient (Wildman–Crippen LogP) is 0.702. The Morgan fingerprint density at radius 3 is 2.86 bits per heavy atom. The number of hydrogen-bond acceptors (Lipinski definition) is 3. The number of aryl methyl sites for hydroxylation is 1. The van der Waals surface area contributed by atoms with Crippen LogP contribution in [-0.4, -0.2) is 26.7 Å². The first-order valence-electron chi connectivity index (χ1n) is 4.51. The van der Waals surface area contributed by atoms with Crippen molar-refractivity contribution in [1.29, 1.82) is 0 Å². The minimum Gasteiger partial charge on any atom is -0.320 e. The fraction of sp³-hybridized carbons (Fsp3) is 0.750. The fourth-order valence-corrected chi connectivity index (χ4v) is 1.51. The van der Waals surface area contributed by atoms with E-state index in [1.807, 2.05) is 7.05 Å². The molecule has 0 bridgehead atoms. The van der Waals surface area contributed by atoms with E-state index in [2.05, 4.69) is 15.5 Å². The lowest BCUT2D eigenvalue weighted by Gasteiger charge is -2.35. The molecule has 1 saturated carbocycles. The van der Waals surface area contributed by atoms with Crippen LogP contribution < -0.4 is 5.32 Å². The van der Waals surface area contributed by atoms with Gasteiger partial charge in [0.2, 0.25) is 0 Å². The molecule has 0 radical (unpaired) electrons. The van der Waals surface area contributed by atoms with Gasteiger partial charge in [0.05, 0.1) is 6.54 Å². The van der Waals surface area contributed by atoms with Crippen LogP contribution in [0.15, 0.2) is 6.33 Å². The van der Waals surface area contributed by atoms with E-state index < -0.39 is 5.92 Å². The van der Waals surface area contributed by atoms with Crippen molar-refractivity contribution in [3.63, 3.8) is 0 Å². The normalized spacial score (nSPS) is 20.8. The van der Waals surface area contributed by atoms with Crippen LogP contribution in [0.25, 0.3) is 0 Å². The number of hydrogen-bond donors (Lipinski definition) is 1. The maximum Gasteiger partial charge on any atom is 0.251 e. The van der Waals surface area contributed by atoms with Gasteiger partial charge in [-0.15, -0.1) is 10.2 Å². The number of alkyl halides is 2. The van der Waals surface area contributed by atoms with Crippen LogP contribution in [0, 0.1) is 0 Å². The lowest BCUT2D eigenvalue weighted by atomic mass is 9.88. The van der Waals surface area contributed by atoms with Gasteiger partial charge in [-0.05, 0) is 0 Å². The third-order valence-corrected chi connectivity index (χ3v) is 2.44. The van der Waals surface area contributed by atoms with Crippen molar-refractivity contribution in [1.82, 2.24) is 20.1 Å². The molecule has 1 aliphatic carbocycles. The highest BCUT2D eigenvalue weighted by molar-refractivity contribution is 4.93. The standard InChI is InChI=1S/C8H12F2N4/c1-14-5-12-13-7(14)4-11-6-2-8(9,10)3-6/h5-6,11H,2-4H2,1H3. The van der Waals surface area contributed by atoms with E-state index >= 15 is 0 Å². The summed E-state index contributed by atoms with van der Waals surface area (Å²) in [5.41, 5.74) is 0. The molecule has 1 fully saturated rings. The number of nitrogens with zero attached hydrogens (tertiary/aromatic N) is 3. The zero-order chi connectivity index (χ0) is 10.2. The zero-order valence-electron chi connectivity index (χ0n) is 7.87. The first-order chi connectivity index (χ1) is 6.57. The molecular formula is C8H12F2N4. The molecule has 0 unspecified atom stereocenters. The summed E-state index contributed by atoms with van der Waals surface area (Å²) in [4.78, 5) is 0. The molecular weight excluding hydrogens is 190 g/mol. The molecule has 0 aromatic carbocycles. The molecule has 1 aliphatic rings. The molecule has 6 heteroatoms. The van der Waals surface area contributed by atoms with Gasteiger partial charge in [-0.3, -0.25) is 0 Å². The van der Waals surface area contributed by atoms with Crippen LogP contribution in [0.4, 0.5) is 8.78 Å². The summed E-state index contributed by atoms with van der Waals surface area (Å²) in [7, 11) is 1.83. The lowest BCUT2D eigenvalue weighted by molar-refractivity contribution is -0.0931.